The first kappa shape index (κ1) is 57.6. The largest absolute Gasteiger partial charge is 0.508 e. The molecule has 2 aromatic carbocycles. The van der Waals surface area contributed by atoms with Crippen LogP contribution in [0.2, 0.25) is 0 Å². The van der Waals surface area contributed by atoms with Gasteiger partial charge in [0.15, 0.2) is 23.0 Å². The van der Waals surface area contributed by atoms with Crippen molar-refractivity contribution in [1.29, 1.82) is 0 Å². The molecule has 376 valence electrons. The van der Waals surface area contributed by atoms with Crippen molar-refractivity contribution in [2.45, 2.75) is 60.3 Å². The SMILES string of the molecule is CCOC(=O)CCC(C(C)=O)C(=O)OCC.CCOC(=O)CCc1c(C)c2cc(OCCN3CCOCC3)c(O)cc2oc1=O.CS(=O)(=O)O.Oc1ccc(OCCN2CCOCC2)c(O)c1. The number of phenolic OH excluding ortho intramolecular Hbond substituents is 3. The van der Waals surface area contributed by atoms with E-state index in [1.165, 1.54) is 25.1 Å². The lowest BCUT2D eigenvalue weighted by atomic mass is 9.99. The molecule has 2 aliphatic rings. The zero-order valence-corrected chi connectivity index (χ0v) is 39.9. The van der Waals surface area contributed by atoms with E-state index in [0.717, 1.165) is 52.5 Å². The normalized spacial score (nSPS) is 14.4. The number of aromatic hydroxyl groups is 3. The van der Waals surface area contributed by atoms with Crippen molar-refractivity contribution in [3.63, 3.8) is 0 Å². The number of nitrogens with zero attached hydrogens (tertiary/aromatic N) is 2. The van der Waals surface area contributed by atoms with Gasteiger partial charge in [-0.3, -0.25) is 33.5 Å². The number of phenols is 3. The van der Waals surface area contributed by atoms with Crippen LogP contribution in [0, 0.1) is 12.8 Å². The summed E-state index contributed by atoms with van der Waals surface area (Å²) in [7, 11) is -3.67. The van der Waals surface area contributed by atoms with Crippen LogP contribution < -0.4 is 15.1 Å². The molecule has 4 N–H and O–H groups in total. The van der Waals surface area contributed by atoms with Crippen molar-refractivity contribution in [2.24, 2.45) is 5.92 Å². The minimum atomic E-state index is -3.67. The first-order chi connectivity index (χ1) is 31.8. The Morgan fingerprint density at radius 1 is 0.746 bits per heavy atom. The number of rotatable bonds is 19. The third kappa shape index (κ3) is 23.2. The van der Waals surface area contributed by atoms with Crippen LogP contribution in [0.25, 0.3) is 11.0 Å². The first-order valence-electron chi connectivity index (χ1n) is 21.9. The first-order valence-corrected chi connectivity index (χ1v) is 23.7. The van der Waals surface area contributed by atoms with Crippen LogP contribution in [0.3, 0.4) is 0 Å². The maximum Gasteiger partial charge on any atom is 0.339 e. The minimum absolute atomic E-state index is 0.0306. The van der Waals surface area contributed by atoms with Gasteiger partial charge in [0.2, 0.25) is 0 Å². The monoisotopic (exact) mass is 970 g/mol. The number of ether oxygens (including phenoxy) is 7. The van der Waals surface area contributed by atoms with E-state index in [-0.39, 0.29) is 66.9 Å². The summed E-state index contributed by atoms with van der Waals surface area (Å²) in [5, 5.41) is 29.6. The molecule has 0 radical (unpaired) electrons. The second-order valence-electron chi connectivity index (χ2n) is 14.9. The topological polar surface area (TPSA) is 285 Å². The van der Waals surface area contributed by atoms with Crippen molar-refractivity contribution >= 4 is 44.8 Å². The summed E-state index contributed by atoms with van der Waals surface area (Å²) in [6.07, 6.45) is 1.25. The fraction of sp³-hybridized carbons (Fsp3) is 0.578. The number of carbonyl (C=O) groups is 4. The number of morpholine rings is 2. The van der Waals surface area contributed by atoms with Crippen LogP contribution >= 0.6 is 0 Å². The number of benzene rings is 2. The van der Waals surface area contributed by atoms with Crippen LogP contribution in [-0.2, 0) is 59.4 Å². The number of hydrogen-bond donors (Lipinski definition) is 4. The molecule has 0 amide bonds. The van der Waals surface area contributed by atoms with Gasteiger partial charge in [0, 0.05) is 75.2 Å². The molecule has 1 aromatic heterocycles. The van der Waals surface area contributed by atoms with Crippen molar-refractivity contribution in [3.05, 3.63) is 51.9 Å². The predicted octanol–water partition coefficient (Wildman–Crippen LogP) is 3.42. The summed E-state index contributed by atoms with van der Waals surface area (Å²) in [5.74, 6) is -1.83. The van der Waals surface area contributed by atoms with E-state index in [0.29, 0.717) is 73.9 Å². The smallest absolute Gasteiger partial charge is 0.339 e. The number of esters is 3. The molecule has 2 saturated heterocycles. The van der Waals surface area contributed by atoms with E-state index >= 15 is 0 Å². The van der Waals surface area contributed by atoms with Gasteiger partial charge in [-0.1, -0.05) is 0 Å². The van der Waals surface area contributed by atoms with Gasteiger partial charge in [0.25, 0.3) is 10.1 Å². The molecule has 3 aromatic rings. The van der Waals surface area contributed by atoms with E-state index in [1.807, 2.05) is 0 Å². The van der Waals surface area contributed by atoms with Crippen LogP contribution in [0.4, 0.5) is 0 Å². The second kappa shape index (κ2) is 30.7. The number of ketones is 1. The Morgan fingerprint density at radius 2 is 1.24 bits per heavy atom. The summed E-state index contributed by atoms with van der Waals surface area (Å²) in [6.45, 7) is 18.0. The number of fused-ring (bicyclic) bond motifs is 1. The van der Waals surface area contributed by atoms with Crippen LogP contribution in [0.5, 0.6) is 28.7 Å². The fourth-order valence-corrected chi connectivity index (χ4v) is 6.34. The molecule has 5 rings (SSSR count). The molecule has 0 bridgehead atoms. The van der Waals surface area contributed by atoms with Gasteiger partial charge in [0.05, 0.1) is 52.5 Å². The van der Waals surface area contributed by atoms with Gasteiger partial charge in [-0.05, 0) is 71.2 Å². The quantitative estimate of drug-likeness (QED) is 0.0440. The van der Waals surface area contributed by atoms with E-state index in [9.17, 15) is 42.6 Å². The molecule has 1 unspecified atom stereocenters. The number of carbonyl (C=O) groups excluding carboxylic acids is 4. The molecule has 21 nitrogen and oxygen atoms in total. The Kier molecular flexibility index (Phi) is 26.4. The van der Waals surface area contributed by atoms with Gasteiger partial charge in [-0.15, -0.1) is 0 Å². The molecule has 0 aliphatic carbocycles. The summed E-state index contributed by atoms with van der Waals surface area (Å²) in [6, 6.07) is 7.39. The Labute approximate surface area is 390 Å². The third-order valence-corrected chi connectivity index (χ3v) is 9.74. The standard InChI is InChI=1S/C21H27NO7.C12H17NO4.C11H18O5.CH4O3S/c1-3-27-20(24)5-4-15-14(2)16-12-19(17(23)13-18(16)29-21(15)25)28-11-8-22-6-9-26-10-7-22;14-10-1-2-12(11(15)9-10)17-8-5-13-3-6-16-7-4-13;1-4-15-10(13)7-6-9(8(3)12)11(14)16-5-2;1-5(2,3)4/h12-13,23H,3-11H2,1-2H3;1-2,9,14-15H,3-8H2;9H,4-7H2,1-3H3;1H3,(H,2,3,4). The Morgan fingerprint density at radius 3 is 1.73 bits per heavy atom. The average molecular weight is 971 g/mol. The summed E-state index contributed by atoms with van der Waals surface area (Å²) in [4.78, 5) is 62.0. The highest BCUT2D eigenvalue weighted by Gasteiger charge is 2.25. The lowest BCUT2D eigenvalue weighted by molar-refractivity contribution is -0.152. The van der Waals surface area contributed by atoms with E-state index < -0.39 is 33.6 Å². The highest BCUT2D eigenvalue weighted by molar-refractivity contribution is 7.85. The van der Waals surface area contributed by atoms with Crippen molar-refractivity contribution in [2.75, 3.05) is 105 Å². The Bertz CT molecular complexity index is 2180. The average Bonchev–Trinajstić information content (AvgIpc) is 3.26. The van der Waals surface area contributed by atoms with Crippen LogP contribution in [0.1, 0.15) is 58.1 Å². The molecular formula is C45H66N2O19S. The molecule has 0 spiro atoms. The van der Waals surface area contributed by atoms with Gasteiger partial charge in [-0.2, -0.15) is 8.42 Å². The number of aryl methyl sites for hydroxylation is 1. The number of Topliss-reactive ketones (excluding diaryl/α,β-unsaturated/α-hetero) is 1. The molecule has 3 heterocycles. The summed E-state index contributed by atoms with van der Waals surface area (Å²) >= 11 is 0. The molecule has 1 atom stereocenters. The zero-order valence-electron chi connectivity index (χ0n) is 39.1. The second-order valence-corrected chi connectivity index (χ2v) is 16.3. The zero-order chi connectivity index (χ0) is 49.9. The van der Waals surface area contributed by atoms with E-state index in [2.05, 4.69) is 9.80 Å². The maximum absolute atomic E-state index is 12.3. The Balaban J connectivity index is 0.000000348. The minimum Gasteiger partial charge on any atom is -0.508 e. The summed E-state index contributed by atoms with van der Waals surface area (Å²) in [5.41, 5.74) is 0.902. The van der Waals surface area contributed by atoms with Crippen molar-refractivity contribution < 1.29 is 85.0 Å². The van der Waals surface area contributed by atoms with Crippen LogP contribution in [-0.4, -0.2) is 167 Å². The predicted molar refractivity (Wildman–Crippen MR) is 243 cm³/mol. The van der Waals surface area contributed by atoms with E-state index in [1.54, 1.807) is 39.8 Å². The molecule has 67 heavy (non-hydrogen) atoms. The molecule has 2 aliphatic heterocycles. The van der Waals surface area contributed by atoms with Gasteiger partial charge >= 0.3 is 23.5 Å². The highest BCUT2D eigenvalue weighted by Crippen LogP contribution is 2.33. The van der Waals surface area contributed by atoms with Crippen molar-refractivity contribution in [1.82, 2.24) is 9.80 Å². The lowest BCUT2D eigenvalue weighted by Crippen LogP contribution is -2.38. The number of hydrogen-bond acceptors (Lipinski definition) is 20. The lowest BCUT2D eigenvalue weighted by Gasteiger charge is -2.26. The summed E-state index contributed by atoms with van der Waals surface area (Å²) < 4.78 is 67.4. The highest BCUT2D eigenvalue weighted by atomic mass is 32.2. The Hall–Kier alpha value is -5.52. The van der Waals surface area contributed by atoms with Gasteiger partial charge < -0.3 is 52.9 Å². The fourth-order valence-electron chi connectivity index (χ4n) is 6.34. The maximum atomic E-state index is 12.3. The molecule has 2 fully saturated rings. The molecule has 22 heteroatoms. The van der Waals surface area contributed by atoms with Gasteiger partial charge in [-0.25, -0.2) is 4.79 Å². The van der Waals surface area contributed by atoms with Crippen LogP contribution in [0.15, 0.2) is 39.5 Å². The van der Waals surface area contributed by atoms with Crippen molar-refractivity contribution in [3.8, 4) is 28.7 Å². The third-order valence-electron chi connectivity index (χ3n) is 9.74. The molecule has 0 saturated carbocycles. The van der Waals surface area contributed by atoms with Gasteiger partial charge in [0.1, 0.15) is 36.2 Å². The van der Waals surface area contributed by atoms with E-state index in [4.69, 9.17) is 47.2 Å². The molecular weight excluding hydrogens is 905 g/mol.